The van der Waals surface area contributed by atoms with Crippen LogP contribution in [0.3, 0.4) is 0 Å². The molecule has 2 fully saturated rings. The molecule has 3 atom stereocenters. The van der Waals surface area contributed by atoms with Crippen molar-refractivity contribution >= 4 is 52.0 Å². The van der Waals surface area contributed by atoms with Crippen LogP contribution in [-0.4, -0.2) is 49.6 Å². The molecule has 3 unspecified atom stereocenters. The maximum absolute atomic E-state index is 13.6. The van der Waals surface area contributed by atoms with Crippen LogP contribution in [-0.2, 0) is 7.05 Å². The van der Waals surface area contributed by atoms with Crippen molar-refractivity contribution in [1.29, 1.82) is 0 Å². The van der Waals surface area contributed by atoms with Crippen LogP contribution in [0.15, 0.2) is 41.3 Å². The predicted octanol–water partition coefficient (Wildman–Crippen LogP) is 4.28. The van der Waals surface area contributed by atoms with Gasteiger partial charge in [-0.2, -0.15) is 5.10 Å². The third kappa shape index (κ3) is 4.60. The molecule has 3 aromatic heterocycles. The number of nitrogens with one attached hydrogen (secondary N) is 2. The van der Waals surface area contributed by atoms with E-state index in [2.05, 4.69) is 35.9 Å². The summed E-state index contributed by atoms with van der Waals surface area (Å²) in [6.45, 7) is 7.63. The summed E-state index contributed by atoms with van der Waals surface area (Å²) >= 11 is 7.29. The number of amides is 1. The molecule has 0 radical (unpaired) electrons. The Hall–Kier alpha value is -3.57. The Morgan fingerprint density at radius 3 is 2.58 bits per heavy atom. The Bertz CT molecular complexity index is 1690. The highest BCUT2D eigenvalue weighted by atomic mass is 35.5. The van der Waals surface area contributed by atoms with E-state index in [1.165, 1.54) is 11.9 Å². The fraction of sp³-hybridized carbons (Fsp3) is 0.393. The molecule has 4 aromatic rings. The molecule has 208 valence electrons. The summed E-state index contributed by atoms with van der Waals surface area (Å²) < 4.78 is 6.45. The molecule has 2 N–H and O–H groups in total. The van der Waals surface area contributed by atoms with Crippen molar-refractivity contribution in [1.82, 2.24) is 29.0 Å². The number of carbonyl (C=O) groups excluding carboxylic acids is 1. The lowest BCUT2D eigenvalue weighted by Gasteiger charge is -2.25. The average Bonchev–Trinajstić information content (AvgIpc) is 3.21. The van der Waals surface area contributed by atoms with E-state index >= 15 is 0 Å². The summed E-state index contributed by atoms with van der Waals surface area (Å²) in [6.07, 6.45) is 3.82. The van der Waals surface area contributed by atoms with E-state index in [9.17, 15) is 9.59 Å². The molecule has 1 aromatic carbocycles. The van der Waals surface area contributed by atoms with Gasteiger partial charge in [-0.3, -0.25) is 23.6 Å². The van der Waals surface area contributed by atoms with E-state index in [-0.39, 0.29) is 28.4 Å². The number of carbonyl (C=O) groups is 1. The van der Waals surface area contributed by atoms with Crippen molar-refractivity contribution in [2.45, 2.75) is 32.9 Å². The minimum absolute atomic E-state index is 0.0785. The maximum Gasteiger partial charge on any atom is 0.281 e. The molecule has 1 saturated carbocycles. The number of pyridine rings is 1. The SMILES string of the molecule is CSNC(=O)c1nc(Cl)ccc1NC(C)c1cc(C)cc2c(=O)n(C)c(N3CC4C(C3)C4n3ccc(C)n3)nc12. The number of nitrogens with zero attached hydrogens (tertiary/aromatic N) is 6. The van der Waals surface area contributed by atoms with Crippen molar-refractivity contribution < 1.29 is 4.79 Å². The number of hydrogen-bond donors (Lipinski definition) is 2. The Morgan fingerprint density at radius 1 is 1.15 bits per heavy atom. The number of halogens is 1. The Kier molecular flexibility index (Phi) is 6.74. The lowest BCUT2D eigenvalue weighted by molar-refractivity contribution is 0.0980. The molecule has 10 nitrogen and oxygen atoms in total. The number of aryl methyl sites for hydroxylation is 2. The zero-order chi connectivity index (χ0) is 28.3. The summed E-state index contributed by atoms with van der Waals surface area (Å²) in [7, 11) is 1.79. The summed E-state index contributed by atoms with van der Waals surface area (Å²) in [5, 5.41) is 8.82. The van der Waals surface area contributed by atoms with Crippen LogP contribution in [0.5, 0.6) is 0 Å². The quantitative estimate of drug-likeness (QED) is 0.247. The normalized spacial score (nSPS) is 20.4. The highest BCUT2D eigenvalue weighted by Gasteiger charge is 2.58. The van der Waals surface area contributed by atoms with Gasteiger partial charge in [-0.15, -0.1) is 0 Å². The highest BCUT2D eigenvalue weighted by Crippen LogP contribution is 2.55. The number of hydrogen-bond acceptors (Lipinski definition) is 8. The van der Waals surface area contributed by atoms with Crippen LogP contribution in [0.4, 0.5) is 11.6 Å². The topological polar surface area (TPSA) is 110 Å². The van der Waals surface area contributed by atoms with Gasteiger partial charge in [0.1, 0.15) is 5.15 Å². The number of piperidine rings is 1. The number of aromatic nitrogens is 5. The van der Waals surface area contributed by atoms with Crippen LogP contribution < -0.4 is 20.5 Å². The van der Waals surface area contributed by atoms with Gasteiger partial charge < -0.3 is 10.2 Å². The van der Waals surface area contributed by atoms with E-state index in [1.807, 2.05) is 39.0 Å². The first-order chi connectivity index (χ1) is 19.2. The van der Waals surface area contributed by atoms with Gasteiger partial charge in [0, 0.05) is 50.0 Å². The monoisotopic (exact) mass is 578 g/mol. The van der Waals surface area contributed by atoms with Gasteiger partial charge in [0.15, 0.2) is 5.69 Å². The fourth-order valence-corrected chi connectivity index (χ4v) is 6.41. The molecule has 1 aliphatic heterocycles. The second kappa shape index (κ2) is 10.1. The van der Waals surface area contributed by atoms with Crippen LogP contribution in [0.2, 0.25) is 5.15 Å². The van der Waals surface area contributed by atoms with Gasteiger partial charge in [0.2, 0.25) is 5.95 Å². The number of anilines is 2. The van der Waals surface area contributed by atoms with Gasteiger partial charge in [-0.1, -0.05) is 29.6 Å². The summed E-state index contributed by atoms with van der Waals surface area (Å²) in [6, 6.07) is 9.49. The van der Waals surface area contributed by atoms with Gasteiger partial charge >= 0.3 is 0 Å². The van der Waals surface area contributed by atoms with Crippen molar-refractivity contribution in [3.05, 3.63) is 74.6 Å². The van der Waals surface area contributed by atoms with E-state index in [0.717, 1.165) is 29.9 Å². The minimum Gasteiger partial charge on any atom is -0.377 e. The van der Waals surface area contributed by atoms with Crippen LogP contribution in [0.1, 0.15) is 46.3 Å². The summed E-state index contributed by atoms with van der Waals surface area (Å²) in [5.74, 6) is 1.32. The van der Waals surface area contributed by atoms with Gasteiger partial charge in [0.25, 0.3) is 11.5 Å². The van der Waals surface area contributed by atoms with Crippen LogP contribution >= 0.6 is 23.5 Å². The third-order valence-electron chi connectivity index (χ3n) is 7.92. The van der Waals surface area contributed by atoms with Gasteiger partial charge in [-0.25, -0.2) is 9.97 Å². The van der Waals surface area contributed by atoms with Crippen LogP contribution in [0.25, 0.3) is 10.9 Å². The molecule has 1 amide bonds. The first kappa shape index (κ1) is 26.6. The maximum atomic E-state index is 13.6. The molecular formula is C28H31ClN8O2S. The predicted molar refractivity (Wildman–Crippen MR) is 159 cm³/mol. The standard InChI is InChI=1S/C28H31ClN8O2S/c1-14-10-17(16(3)30-21-6-7-22(29)31-24(21)26(38)34-40-5)23-18(11-14)27(39)35(4)28(32-23)36-12-19-20(13-36)25(19)37-9-8-15(2)33-37/h6-11,16,19-20,25,30H,12-13H2,1-5H3,(H,34,38). The first-order valence-electron chi connectivity index (χ1n) is 13.2. The summed E-state index contributed by atoms with van der Waals surface area (Å²) in [4.78, 5) is 37.8. The van der Waals surface area contributed by atoms with Crippen molar-refractivity contribution in [2.24, 2.45) is 18.9 Å². The molecule has 1 aliphatic carbocycles. The smallest absolute Gasteiger partial charge is 0.281 e. The average molecular weight is 579 g/mol. The third-order valence-corrected chi connectivity index (χ3v) is 8.52. The highest BCUT2D eigenvalue weighted by molar-refractivity contribution is 7.97. The molecular weight excluding hydrogens is 548 g/mol. The lowest BCUT2D eigenvalue weighted by Crippen LogP contribution is -2.33. The first-order valence-corrected chi connectivity index (χ1v) is 14.8. The molecule has 2 aliphatic rings. The van der Waals surface area contributed by atoms with Crippen molar-refractivity contribution in [3.8, 4) is 0 Å². The molecule has 0 spiro atoms. The molecule has 4 heterocycles. The fourth-order valence-electron chi connectivity index (χ4n) is 5.98. The largest absolute Gasteiger partial charge is 0.377 e. The number of rotatable bonds is 7. The molecule has 12 heteroatoms. The molecule has 0 bridgehead atoms. The van der Waals surface area contributed by atoms with E-state index in [0.29, 0.717) is 40.4 Å². The Morgan fingerprint density at radius 2 is 1.90 bits per heavy atom. The van der Waals surface area contributed by atoms with Crippen LogP contribution in [0, 0.1) is 25.7 Å². The zero-order valence-corrected chi connectivity index (χ0v) is 24.5. The van der Waals surface area contributed by atoms with Crippen molar-refractivity contribution in [2.75, 3.05) is 29.6 Å². The van der Waals surface area contributed by atoms with E-state index in [4.69, 9.17) is 16.6 Å². The van der Waals surface area contributed by atoms with Gasteiger partial charge in [-0.05, 0) is 50.6 Å². The summed E-state index contributed by atoms with van der Waals surface area (Å²) in [5.41, 5.74) is 4.17. The minimum atomic E-state index is -0.343. The number of fused-ring (bicyclic) bond motifs is 2. The second-order valence-corrected chi connectivity index (χ2v) is 11.7. The molecule has 6 rings (SSSR count). The van der Waals surface area contributed by atoms with E-state index in [1.54, 1.807) is 30.0 Å². The number of benzene rings is 1. The van der Waals surface area contributed by atoms with E-state index < -0.39 is 0 Å². The Labute approximate surface area is 241 Å². The second-order valence-electron chi connectivity index (χ2n) is 10.7. The molecule has 1 saturated heterocycles. The molecule has 40 heavy (non-hydrogen) atoms. The zero-order valence-electron chi connectivity index (χ0n) is 23.0. The Balaban J connectivity index is 1.33. The van der Waals surface area contributed by atoms with Gasteiger partial charge in [0.05, 0.1) is 34.4 Å². The lowest BCUT2D eigenvalue weighted by atomic mass is 10.0. The van der Waals surface area contributed by atoms with Crippen molar-refractivity contribution in [3.63, 3.8) is 0 Å².